The van der Waals surface area contributed by atoms with Crippen molar-refractivity contribution in [2.24, 2.45) is 0 Å². The van der Waals surface area contributed by atoms with Gasteiger partial charge in [-0.15, -0.1) is 0 Å². The topological polar surface area (TPSA) is 68.2 Å². The number of ether oxygens (including phenoxy) is 3. The summed E-state index contributed by atoms with van der Waals surface area (Å²) in [7, 11) is 1.60. The van der Waals surface area contributed by atoms with Crippen molar-refractivity contribution in [3.63, 3.8) is 0 Å². The van der Waals surface area contributed by atoms with Gasteiger partial charge in [-0.05, 0) is 12.8 Å². The van der Waals surface area contributed by atoms with Crippen LogP contribution >= 0.6 is 0 Å². The van der Waals surface area contributed by atoms with Crippen LogP contribution in [0.5, 0.6) is 17.2 Å². The van der Waals surface area contributed by atoms with Crippen LogP contribution in [0.15, 0.2) is 30.3 Å². The lowest BCUT2D eigenvalue weighted by atomic mass is 10.1. The maximum Gasteiger partial charge on any atom is 0.169 e. The van der Waals surface area contributed by atoms with E-state index < -0.39 is 12.2 Å². The summed E-state index contributed by atoms with van der Waals surface area (Å²) in [5.41, 5.74) is 0. The third kappa shape index (κ3) is 7.37. The van der Waals surface area contributed by atoms with E-state index in [0.717, 1.165) is 62.1 Å². The van der Waals surface area contributed by atoms with E-state index in [-0.39, 0.29) is 13.2 Å². The van der Waals surface area contributed by atoms with Gasteiger partial charge in [-0.3, -0.25) is 0 Å². The highest BCUT2D eigenvalue weighted by Crippen LogP contribution is 2.41. The molecule has 2 rings (SSSR count). The molecule has 5 nitrogen and oxygen atoms in total. The Morgan fingerprint density at radius 1 is 0.767 bits per heavy atom. The Labute approximate surface area is 181 Å². The number of unbranched alkanes of at least 4 members (excludes halogenated alkanes) is 4. The van der Waals surface area contributed by atoms with Crippen LogP contribution in [0.25, 0.3) is 10.8 Å². The van der Waals surface area contributed by atoms with Crippen LogP contribution in [0.3, 0.4) is 0 Å². The summed E-state index contributed by atoms with van der Waals surface area (Å²) >= 11 is 0. The van der Waals surface area contributed by atoms with Crippen molar-refractivity contribution in [3.05, 3.63) is 30.3 Å². The highest BCUT2D eigenvalue weighted by molar-refractivity contribution is 5.95. The minimum Gasteiger partial charge on any atom is -0.493 e. The molecule has 2 unspecified atom stereocenters. The van der Waals surface area contributed by atoms with Crippen LogP contribution in [0.1, 0.15) is 65.2 Å². The Hall–Kier alpha value is -1.98. The van der Waals surface area contributed by atoms with Gasteiger partial charge in [0.25, 0.3) is 0 Å². The summed E-state index contributed by atoms with van der Waals surface area (Å²) in [4.78, 5) is 0. The molecule has 0 spiro atoms. The Morgan fingerprint density at radius 2 is 1.33 bits per heavy atom. The lowest BCUT2D eigenvalue weighted by Gasteiger charge is -2.19. The molecule has 2 aromatic carbocycles. The fraction of sp³-hybridized carbons (Fsp3) is 0.600. The molecule has 30 heavy (non-hydrogen) atoms. The number of hydrogen-bond donors (Lipinski definition) is 2. The Kier molecular flexibility index (Phi) is 10.8. The molecule has 0 saturated heterocycles. The highest BCUT2D eigenvalue weighted by Gasteiger charge is 2.17. The fourth-order valence-corrected chi connectivity index (χ4v) is 3.50. The average molecular weight is 419 g/mol. The molecule has 0 aromatic heterocycles. The standard InChI is InChI=1S/C25H38O5/c1-4-6-8-12-19(26)17-29-23-16-24(28-3)25(22-15-11-10-14-21(22)23)30-18-20(27)13-9-7-5-2/h10-11,14-16,19-20,26-27H,4-9,12-13,17-18H2,1-3H3. The Morgan fingerprint density at radius 3 is 1.90 bits per heavy atom. The zero-order chi connectivity index (χ0) is 21.8. The molecule has 2 atom stereocenters. The van der Waals surface area contributed by atoms with E-state index in [1.165, 1.54) is 0 Å². The Balaban J connectivity index is 2.13. The summed E-state index contributed by atoms with van der Waals surface area (Å²) in [6.45, 7) is 4.76. The maximum atomic E-state index is 10.2. The second kappa shape index (κ2) is 13.3. The molecule has 0 aliphatic heterocycles. The van der Waals surface area contributed by atoms with Gasteiger partial charge in [-0.1, -0.05) is 76.6 Å². The predicted molar refractivity (Wildman–Crippen MR) is 122 cm³/mol. The van der Waals surface area contributed by atoms with Crippen molar-refractivity contribution in [3.8, 4) is 17.2 Å². The molecule has 0 aliphatic carbocycles. The molecule has 2 N–H and O–H groups in total. The van der Waals surface area contributed by atoms with E-state index in [1.807, 2.05) is 24.3 Å². The summed E-state index contributed by atoms with van der Waals surface area (Å²) in [6.07, 6.45) is 6.94. The van der Waals surface area contributed by atoms with Crippen LogP contribution in [0.4, 0.5) is 0 Å². The minimum absolute atomic E-state index is 0.223. The van der Waals surface area contributed by atoms with Crippen LogP contribution in [-0.4, -0.2) is 42.7 Å². The number of benzene rings is 2. The van der Waals surface area contributed by atoms with E-state index in [9.17, 15) is 10.2 Å². The summed E-state index contributed by atoms with van der Waals surface area (Å²) in [5.74, 6) is 1.83. The van der Waals surface area contributed by atoms with Crippen molar-refractivity contribution < 1.29 is 24.4 Å². The lowest BCUT2D eigenvalue weighted by molar-refractivity contribution is 0.0955. The van der Waals surface area contributed by atoms with Crippen molar-refractivity contribution in [1.82, 2.24) is 0 Å². The number of aliphatic hydroxyl groups excluding tert-OH is 2. The van der Waals surface area contributed by atoms with Gasteiger partial charge in [0.1, 0.15) is 19.0 Å². The van der Waals surface area contributed by atoms with Crippen molar-refractivity contribution >= 4 is 10.8 Å². The van der Waals surface area contributed by atoms with Crippen LogP contribution in [-0.2, 0) is 0 Å². The van der Waals surface area contributed by atoms with Crippen molar-refractivity contribution in [1.29, 1.82) is 0 Å². The maximum absolute atomic E-state index is 10.2. The normalized spacial score (nSPS) is 13.2. The first-order valence-corrected chi connectivity index (χ1v) is 11.3. The SMILES string of the molecule is CCCCCC(O)COc1cc(OC)c(OCC(O)CCCCC)c2ccccc12. The van der Waals surface area contributed by atoms with Gasteiger partial charge in [-0.25, -0.2) is 0 Å². The molecule has 5 heteroatoms. The monoisotopic (exact) mass is 418 g/mol. The summed E-state index contributed by atoms with van der Waals surface area (Å²) < 4.78 is 17.5. The number of fused-ring (bicyclic) bond motifs is 1. The zero-order valence-corrected chi connectivity index (χ0v) is 18.7. The van der Waals surface area contributed by atoms with Crippen LogP contribution in [0, 0.1) is 0 Å². The molecule has 168 valence electrons. The molecule has 0 radical (unpaired) electrons. The molecule has 0 fully saturated rings. The van der Waals surface area contributed by atoms with E-state index in [1.54, 1.807) is 13.2 Å². The highest BCUT2D eigenvalue weighted by atomic mass is 16.5. The molecule has 2 aromatic rings. The summed E-state index contributed by atoms with van der Waals surface area (Å²) in [6, 6.07) is 9.62. The molecule has 0 aliphatic rings. The number of methoxy groups -OCH3 is 1. The molecule has 0 saturated carbocycles. The third-order valence-corrected chi connectivity index (χ3v) is 5.28. The number of aliphatic hydroxyl groups is 2. The van der Waals surface area contributed by atoms with Crippen molar-refractivity contribution in [2.75, 3.05) is 20.3 Å². The predicted octanol–water partition coefficient (Wildman–Crippen LogP) is 5.49. The quantitative estimate of drug-likeness (QED) is 0.374. The first-order valence-electron chi connectivity index (χ1n) is 11.3. The number of rotatable bonds is 15. The van der Waals surface area contributed by atoms with Crippen molar-refractivity contribution in [2.45, 2.75) is 77.4 Å². The molecule has 0 bridgehead atoms. The van der Waals surface area contributed by atoms with E-state index in [0.29, 0.717) is 17.2 Å². The van der Waals surface area contributed by atoms with E-state index in [2.05, 4.69) is 13.8 Å². The first-order chi connectivity index (χ1) is 14.6. The molecule has 0 amide bonds. The van der Waals surface area contributed by atoms with Gasteiger partial charge < -0.3 is 24.4 Å². The minimum atomic E-state index is -0.505. The first kappa shape index (κ1) is 24.3. The van der Waals surface area contributed by atoms with Crippen LogP contribution < -0.4 is 14.2 Å². The summed E-state index contributed by atoms with van der Waals surface area (Å²) in [5, 5.41) is 22.2. The fourth-order valence-electron chi connectivity index (χ4n) is 3.50. The van der Waals surface area contributed by atoms with Gasteiger partial charge in [0.15, 0.2) is 11.5 Å². The second-order valence-electron chi connectivity index (χ2n) is 7.87. The van der Waals surface area contributed by atoms with E-state index in [4.69, 9.17) is 14.2 Å². The zero-order valence-electron chi connectivity index (χ0n) is 18.7. The van der Waals surface area contributed by atoms with Gasteiger partial charge in [-0.2, -0.15) is 0 Å². The van der Waals surface area contributed by atoms with Gasteiger partial charge >= 0.3 is 0 Å². The second-order valence-corrected chi connectivity index (χ2v) is 7.87. The van der Waals surface area contributed by atoms with Crippen LogP contribution in [0.2, 0.25) is 0 Å². The molecular formula is C25H38O5. The largest absolute Gasteiger partial charge is 0.493 e. The van der Waals surface area contributed by atoms with Gasteiger partial charge in [0.2, 0.25) is 0 Å². The number of hydrogen-bond acceptors (Lipinski definition) is 5. The molecule has 0 heterocycles. The lowest BCUT2D eigenvalue weighted by Crippen LogP contribution is -2.18. The smallest absolute Gasteiger partial charge is 0.169 e. The van der Waals surface area contributed by atoms with E-state index >= 15 is 0 Å². The Bertz CT molecular complexity index is 746. The van der Waals surface area contributed by atoms with Gasteiger partial charge in [0, 0.05) is 16.8 Å². The molecular weight excluding hydrogens is 380 g/mol. The average Bonchev–Trinajstić information content (AvgIpc) is 2.76. The third-order valence-electron chi connectivity index (χ3n) is 5.28. The van der Waals surface area contributed by atoms with Gasteiger partial charge in [0.05, 0.1) is 19.3 Å².